The van der Waals surface area contributed by atoms with Gasteiger partial charge in [0.05, 0.1) is 4.92 Å². The van der Waals surface area contributed by atoms with Gasteiger partial charge in [-0.25, -0.2) is 0 Å². The molecular weight excluding hydrogens is 328 g/mol. The van der Waals surface area contributed by atoms with Crippen molar-refractivity contribution in [3.05, 3.63) is 32.3 Å². The normalized spacial score (nSPS) is 22.5. The molecule has 6 heteroatoms. The molecule has 19 heavy (non-hydrogen) atoms. The van der Waals surface area contributed by atoms with Gasteiger partial charge in [-0.05, 0) is 48.0 Å². The Morgan fingerprint density at radius 1 is 1.47 bits per heavy atom. The molecule has 2 rings (SSSR count). The first-order valence-corrected chi connectivity index (χ1v) is 8.35. The molecule has 4 nitrogen and oxygen atoms in total. The molecule has 1 saturated carbocycles. The highest BCUT2D eigenvalue weighted by molar-refractivity contribution is 9.10. The summed E-state index contributed by atoms with van der Waals surface area (Å²) in [5.74, 6) is 0. The zero-order valence-electron chi connectivity index (χ0n) is 11.0. The highest BCUT2D eigenvalue weighted by Crippen LogP contribution is 2.35. The Morgan fingerprint density at radius 2 is 2.21 bits per heavy atom. The molecule has 0 spiro atoms. The molecule has 0 bridgehead atoms. The number of hydrogen-bond acceptors (Lipinski definition) is 4. The Bertz CT molecular complexity index is 496. The van der Waals surface area contributed by atoms with Crippen molar-refractivity contribution in [2.45, 2.75) is 37.5 Å². The van der Waals surface area contributed by atoms with Gasteiger partial charge in [-0.1, -0.05) is 6.42 Å². The molecule has 1 aliphatic carbocycles. The molecule has 104 valence electrons. The van der Waals surface area contributed by atoms with E-state index in [1.54, 1.807) is 13.0 Å². The second-order valence-electron chi connectivity index (χ2n) is 4.83. The summed E-state index contributed by atoms with van der Waals surface area (Å²) in [6.45, 7) is 1.77. The molecule has 2 atom stereocenters. The second kappa shape index (κ2) is 6.13. The van der Waals surface area contributed by atoms with Gasteiger partial charge in [-0.2, -0.15) is 11.8 Å². The third-order valence-electron chi connectivity index (χ3n) is 3.58. The molecular formula is C13H17BrN2O2S. The van der Waals surface area contributed by atoms with Crippen molar-refractivity contribution in [2.24, 2.45) is 0 Å². The van der Waals surface area contributed by atoms with E-state index in [1.807, 2.05) is 17.8 Å². The second-order valence-corrected chi connectivity index (χ2v) is 6.76. The molecule has 0 saturated heterocycles. The van der Waals surface area contributed by atoms with Gasteiger partial charge in [0.1, 0.15) is 0 Å². The topological polar surface area (TPSA) is 55.2 Å². The largest absolute Gasteiger partial charge is 0.380 e. The number of nitro groups is 1. The van der Waals surface area contributed by atoms with Crippen LogP contribution in [0, 0.1) is 17.0 Å². The molecule has 0 radical (unpaired) electrons. The minimum Gasteiger partial charge on any atom is -0.380 e. The maximum Gasteiger partial charge on any atom is 0.273 e. The molecule has 2 unspecified atom stereocenters. The number of thioether (sulfide) groups is 1. The van der Waals surface area contributed by atoms with E-state index in [9.17, 15) is 10.1 Å². The summed E-state index contributed by atoms with van der Waals surface area (Å²) in [5.41, 5.74) is 1.80. The lowest BCUT2D eigenvalue weighted by Crippen LogP contribution is -2.25. The average Bonchev–Trinajstić information content (AvgIpc) is 2.80. The van der Waals surface area contributed by atoms with Crippen LogP contribution in [0.3, 0.4) is 0 Å². The van der Waals surface area contributed by atoms with Gasteiger partial charge in [0.25, 0.3) is 5.69 Å². The molecule has 0 aromatic heterocycles. The lowest BCUT2D eigenvalue weighted by molar-refractivity contribution is -0.385. The molecule has 1 aromatic carbocycles. The van der Waals surface area contributed by atoms with Gasteiger partial charge >= 0.3 is 0 Å². The van der Waals surface area contributed by atoms with Crippen LogP contribution in [0.4, 0.5) is 11.4 Å². The van der Waals surface area contributed by atoms with Crippen molar-refractivity contribution in [2.75, 3.05) is 11.6 Å². The Morgan fingerprint density at radius 3 is 2.84 bits per heavy atom. The molecule has 1 N–H and O–H groups in total. The lowest BCUT2D eigenvalue weighted by Gasteiger charge is -2.21. The number of aryl methyl sites for hydroxylation is 1. The Hall–Kier alpha value is -0.750. The van der Waals surface area contributed by atoms with E-state index in [2.05, 4.69) is 27.5 Å². The van der Waals surface area contributed by atoms with Gasteiger partial charge < -0.3 is 5.32 Å². The summed E-state index contributed by atoms with van der Waals surface area (Å²) >= 11 is 5.32. The molecule has 0 heterocycles. The molecule has 1 aromatic rings. The molecule has 1 fully saturated rings. The van der Waals surface area contributed by atoms with E-state index in [0.29, 0.717) is 16.9 Å². The number of nitrogens with zero attached hydrogens (tertiary/aromatic N) is 1. The summed E-state index contributed by atoms with van der Waals surface area (Å²) < 4.78 is 0.761. The van der Waals surface area contributed by atoms with Crippen LogP contribution in [0.15, 0.2) is 16.6 Å². The van der Waals surface area contributed by atoms with Crippen molar-refractivity contribution < 1.29 is 4.92 Å². The minimum absolute atomic E-state index is 0.158. The fraction of sp³-hybridized carbons (Fsp3) is 0.538. The first-order valence-electron chi connectivity index (χ1n) is 6.26. The van der Waals surface area contributed by atoms with Crippen molar-refractivity contribution in [1.82, 2.24) is 0 Å². The number of hydrogen-bond donors (Lipinski definition) is 1. The number of benzene rings is 1. The number of anilines is 1. The van der Waals surface area contributed by atoms with Crippen LogP contribution in [0.2, 0.25) is 0 Å². The van der Waals surface area contributed by atoms with Crippen LogP contribution in [0.25, 0.3) is 0 Å². The van der Waals surface area contributed by atoms with E-state index < -0.39 is 0 Å². The van der Waals surface area contributed by atoms with Crippen LogP contribution in [0.5, 0.6) is 0 Å². The van der Waals surface area contributed by atoms with Crippen LogP contribution in [-0.4, -0.2) is 22.5 Å². The Labute approximate surface area is 125 Å². The lowest BCUT2D eigenvalue weighted by atomic mass is 10.1. The third-order valence-corrected chi connectivity index (χ3v) is 5.40. The van der Waals surface area contributed by atoms with E-state index in [1.165, 1.54) is 12.8 Å². The zero-order chi connectivity index (χ0) is 14.0. The number of nitrogens with one attached hydrogen (secondary N) is 1. The summed E-state index contributed by atoms with van der Waals surface area (Å²) in [4.78, 5) is 10.5. The van der Waals surface area contributed by atoms with Gasteiger partial charge in [-0.15, -0.1) is 0 Å². The highest BCUT2D eigenvalue weighted by Gasteiger charge is 2.27. The highest BCUT2D eigenvalue weighted by atomic mass is 79.9. The van der Waals surface area contributed by atoms with Crippen molar-refractivity contribution in [3.63, 3.8) is 0 Å². The first-order chi connectivity index (χ1) is 9.02. The average molecular weight is 345 g/mol. The van der Waals surface area contributed by atoms with Crippen molar-refractivity contribution in [1.29, 1.82) is 0 Å². The fourth-order valence-corrected chi connectivity index (χ4v) is 3.93. The van der Waals surface area contributed by atoms with E-state index in [4.69, 9.17) is 0 Å². The maximum atomic E-state index is 10.9. The predicted octanol–water partition coefficient (Wildman–Crippen LogP) is 4.36. The molecule has 1 aliphatic rings. The van der Waals surface area contributed by atoms with Crippen molar-refractivity contribution >= 4 is 39.1 Å². The third kappa shape index (κ3) is 3.23. The van der Waals surface area contributed by atoms with Crippen LogP contribution < -0.4 is 5.32 Å². The summed E-state index contributed by atoms with van der Waals surface area (Å²) in [6, 6.07) is 3.89. The summed E-state index contributed by atoms with van der Waals surface area (Å²) in [7, 11) is 0. The monoisotopic (exact) mass is 344 g/mol. The summed E-state index contributed by atoms with van der Waals surface area (Å²) in [5, 5.41) is 15.0. The quantitative estimate of drug-likeness (QED) is 0.651. The fourth-order valence-electron chi connectivity index (χ4n) is 2.55. The van der Waals surface area contributed by atoms with E-state index in [-0.39, 0.29) is 10.6 Å². The maximum absolute atomic E-state index is 10.9. The van der Waals surface area contributed by atoms with Crippen molar-refractivity contribution in [3.8, 4) is 0 Å². The number of nitro benzene ring substituents is 1. The van der Waals surface area contributed by atoms with Gasteiger partial charge in [-0.3, -0.25) is 10.1 Å². The zero-order valence-corrected chi connectivity index (χ0v) is 13.4. The SMILES string of the molecule is CSC1CCCC1Nc1cc(C)c([N+](=O)[O-])cc1Br. The Balaban J connectivity index is 2.21. The standard InChI is InChI=1S/C13H17BrN2O2S/c1-8-6-11(9(14)7-12(8)16(17)18)15-10-4-3-5-13(10)19-2/h6-7,10,13,15H,3-5H2,1-2H3. The first kappa shape index (κ1) is 14.7. The van der Waals surface area contributed by atoms with Gasteiger partial charge in [0.2, 0.25) is 0 Å². The minimum atomic E-state index is -0.343. The van der Waals surface area contributed by atoms with Gasteiger partial charge in [0, 0.05) is 33.1 Å². The van der Waals surface area contributed by atoms with Gasteiger partial charge in [0.15, 0.2) is 0 Å². The predicted molar refractivity (Wildman–Crippen MR) is 84.1 cm³/mol. The van der Waals surface area contributed by atoms with E-state index in [0.717, 1.165) is 16.6 Å². The number of rotatable bonds is 4. The van der Waals surface area contributed by atoms with E-state index >= 15 is 0 Å². The van der Waals surface area contributed by atoms with Crippen LogP contribution in [0.1, 0.15) is 24.8 Å². The number of halogens is 1. The smallest absolute Gasteiger partial charge is 0.273 e. The van der Waals surface area contributed by atoms with Crippen LogP contribution in [-0.2, 0) is 0 Å². The van der Waals surface area contributed by atoms with Crippen LogP contribution >= 0.6 is 27.7 Å². The molecule has 0 aliphatic heterocycles. The Kier molecular flexibility index (Phi) is 4.73. The summed E-state index contributed by atoms with van der Waals surface area (Å²) in [6.07, 6.45) is 5.78. The molecule has 0 amide bonds.